The second-order valence-corrected chi connectivity index (χ2v) is 27.6. The van der Waals surface area contributed by atoms with Gasteiger partial charge in [0, 0.05) is 76.5 Å². The molecule has 0 amide bonds. The van der Waals surface area contributed by atoms with Crippen LogP contribution in [0.25, 0.3) is 0 Å². The van der Waals surface area contributed by atoms with Gasteiger partial charge in [0.15, 0.2) is 0 Å². The van der Waals surface area contributed by atoms with E-state index in [2.05, 4.69) is 47.3 Å². The summed E-state index contributed by atoms with van der Waals surface area (Å²) < 4.78 is 29.6. The third-order valence-corrected chi connectivity index (χ3v) is 24.4. The zero-order valence-electron chi connectivity index (χ0n) is 46.5. The Labute approximate surface area is 439 Å². The first-order chi connectivity index (χ1) is 35.0. The topological polar surface area (TPSA) is 131 Å². The van der Waals surface area contributed by atoms with Gasteiger partial charge in [0.2, 0.25) is 0 Å². The zero-order valence-corrected chi connectivity index (χ0v) is 46.5. The summed E-state index contributed by atoms with van der Waals surface area (Å²) in [5, 5.41) is 11.6. The molecule has 12 fully saturated rings. The number of ether oxygens (including phenoxy) is 5. The average molecular weight is 1020 g/mol. The lowest BCUT2D eigenvalue weighted by molar-refractivity contribution is -0.182. The van der Waals surface area contributed by atoms with E-state index >= 15 is 0 Å². The Morgan fingerprint density at radius 2 is 0.849 bits per heavy atom. The molecule has 13 heteroatoms. The van der Waals surface area contributed by atoms with Crippen LogP contribution in [0.3, 0.4) is 0 Å². The van der Waals surface area contributed by atoms with Crippen molar-refractivity contribution in [2.45, 2.75) is 213 Å². The predicted octanol–water partition coefficient (Wildman–Crippen LogP) is 7.98. The van der Waals surface area contributed by atoms with Gasteiger partial charge in [0.1, 0.15) is 18.3 Å². The van der Waals surface area contributed by atoms with Gasteiger partial charge >= 0.3 is 17.9 Å². The van der Waals surface area contributed by atoms with Crippen molar-refractivity contribution in [1.82, 2.24) is 19.6 Å². The summed E-state index contributed by atoms with van der Waals surface area (Å²) in [6.45, 7) is 26.3. The molecule has 20 atom stereocenters. The second kappa shape index (κ2) is 21.1. The molecule has 8 aliphatic carbocycles. The standard InChI is InChI=1S/C31H50N2O5.C29H48N2O4/c1-20(34)37-28-17-22-7-8-23-24(31(22,4)19-27(28)33-13-15-36-16-14-33)9-10-30(3)25(23)18-26(29(30)38-21(2)35)32-11-5-6-12-32;1-19(32)35-26-16-20-6-7-21-22(29(20,3)18-25(26)31-12-14-34-15-13-31)8-9-28(2)23(21)17-24(27(28)33)30-10-4-5-11-30/h22-29H,5-19H2,1-4H3;20-27,33H,4-18H2,1-3H3/t22-,23?,24?,25?,26-,27-,28-,29-,30-,31-;20-,21?,22?,23?,24-,25-,26-,27-,28-,29-/m00/s1. The molecule has 8 saturated carbocycles. The summed E-state index contributed by atoms with van der Waals surface area (Å²) in [6, 6.07) is 1.34. The van der Waals surface area contributed by atoms with E-state index in [4.69, 9.17) is 23.7 Å². The molecule has 13 nitrogen and oxygen atoms in total. The van der Waals surface area contributed by atoms with Crippen LogP contribution in [0.1, 0.15) is 164 Å². The molecule has 0 aromatic carbocycles. The van der Waals surface area contributed by atoms with Gasteiger partial charge in [-0.05, 0) is 205 Å². The van der Waals surface area contributed by atoms with E-state index in [0.717, 1.165) is 110 Å². The third-order valence-electron chi connectivity index (χ3n) is 24.4. The maximum atomic E-state index is 12.3. The van der Waals surface area contributed by atoms with Crippen LogP contribution in [0.15, 0.2) is 0 Å². The molecule has 4 heterocycles. The SMILES string of the molecule is CC(=O)O[C@H]1C[C@@H]2CCC3C4C[C@H](N5CCCC5)[C@H](O)[C@@]4(C)CCC3[C@@]2(C)C[C@@H]1N1CCOCC1.CC(=O)O[C@H]1C[C@@H]2CCC3C4C[C@H](N5CCCC5)[C@H](OC(C)=O)[C@@]4(C)CCC3[C@@]2(C)C[C@@H]1N1CCOCC1. The molecule has 1 N–H and O–H groups in total. The van der Waals surface area contributed by atoms with Crippen LogP contribution in [0.4, 0.5) is 0 Å². The van der Waals surface area contributed by atoms with Crippen molar-refractivity contribution in [3.05, 3.63) is 0 Å². The highest BCUT2D eigenvalue weighted by Crippen LogP contribution is 2.69. The smallest absolute Gasteiger partial charge is 0.302 e. The summed E-state index contributed by atoms with van der Waals surface area (Å²) in [6.07, 6.45) is 21.5. The lowest BCUT2D eigenvalue weighted by Crippen LogP contribution is -2.61. The van der Waals surface area contributed by atoms with Gasteiger partial charge in [-0.3, -0.25) is 34.0 Å². The lowest BCUT2D eigenvalue weighted by Gasteiger charge is -2.62. The molecule has 4 aliphatic heterocycles. The van der Waals surface area contributed by atoms with Gasteiger partial charge in [-0.15, -0.1) is 0 Å². The number of hydrogen-bond acceptors (Lipinski definition) is 13. The number of esters is 3. The molecular formula is C60H98N4O9. The zero-order chi connectivity index (χ0) is 51.0. The van der Waals surface area contributed by atoms with Crippen molar-refractivity contribution >= 4 is 17.9 Å². The van der Waals surface area contributed by atoms with Gasteiger partial charge < -0.3 is 28.8 Å². The number of hydrogen-bond donors (Lipinski definition) is 1. The molecule has 12 aliphatic rings. The van der Waals surface area contributed by atoms with E-state index in [1.54, 1.807) is 20.8 Å². The maximum Gasteiger partial charge on any atom is 0.302 e. The van der Waals surface area contributed by atoms with Crippen molar-refractivity contribution in [3.63, 3.8) is 0 Å². The maximum absolute atomic E-state index is 12.3. The molecule has 0 aromatic rings. The summed E-state index contributed by atoms with van der Waals surface area (Å²) in [7, 11) is 0. The Morgan fingerprint density at radius 1 is 0.452 bits per heavy atom. The number of rotatable bonds is 7. The van der Waals surface area contributed by atoms with E-state index in [0.29, 0.717) is 59.0 Å². The minimum Gasteiger partial charge on any atom is -0.461 e. The van der Waals surface area contributed by atoms with Crippen LogP contribution in [0.5, 0.6) is 0 Å². The molecule has 0 bridgehead atoms. The van der Waals surface area contributed by atoms with Gasteiger partial charge in [0.05, 0.1) is 32.5 Å². The minimum absolute atomic E-state index is 0.00606. The number of carbonyl (C=O) groups is 3. The highest BCUT2D eigenvalue weighted by atomic mass is 16.6. The highest BCUT2D eigenvalue weighted by molar-refractivity contribution is 5.67. The molecule has 12 rings (SSSR count). The van der Waals surface area contributed by atoms with E-state index in [1.165, 1.54) is 96.6 Å². The van der Waals surface area contributed by atoms with E-state index in [9.17, 15) is 19.5 Å². The summed E-state index contributed by atoms with van der Waals surface area (Å²) in [5.74, 6) is 4.95. The largest absolute Gasteiger partial charge is 0.461 e. The number of fused-ring (bicyclic) bond motifs is 10. The van der Waals surface area contributed by atoms with Gasteiger partial charge in [-0.2, -0.15) is 0 Å². The summed E-state index contributed by atoms with van der Waals surface area (Å²) >= 11 is 0. The number of carbonyl (C=O) groups excluding carboxylic acids is 3. The molecular weight excluding hydrogens is 921 g/mol. The molecule has 6 unspecified atom stereocenters. The summed E-state index contributed by atoms with van der Waals surface area (Å²) in [4.78, 5) is 46.9. The van der Waals surface area contributed by atoms with Crippen LogP contribution in [-0.4, -0.2) is 170 Å². The quantitative estimate of drug-likeness (QED) is 0.196. The Hall–Kier alpha value is -1.87. The first kappa shape index (κ1) is 53.1. The normalized spacial score (nSPS) is 49.2. The highest BCUT2D eigenvalue weighted by Gasteiger charge is 2.67. The molecule has 0 aromatic heterocycles. The number of aliphatic hydroxyl groups is 1. The molecule has 412 valence electrons. The van der Waals surface area contributed by atoms with Crippen molar-refractivity contribution in [3.8, 4) is 0 Å². The fourth-order valence-corrected chi connectivity index (χ4v) is 20.9. The minimum atomic E-state index is -0.169. The summed E-state index contributed by atoms with van der Waals surface area (Å²) in [5.41, 5.74) is 0.699. The van der Waals surface area contributed by atoms with Gasteiger partial charge in [-0.25, -0.2) is 0 Å². The number of likely N-dealkylation sites (tertiary alicyclic amines) is 2. The van der Waals surface area contributed by atoms with Crippen LogP contribution < -0.4 is 0 Å². The molecule has 4 saturated heterocycles. The second-order valence-electron chi connectivity index (χ2n) is 27.6. The van der Waals surface area contributed by atoms with E-state index in [1.807, 2.05) is 0 Å². The fourth-order valence-electron chi connectivity index (χ4n) is 20.9. The fraction of sp³-hybridized carbons (Fsp3) is 0.950. The Morgan fingerprint density at radius 3 is 1.30 bits per heavy atom. The lowest BCUT2D eigenvalue weighted by atomic mass is 9.44. The van der Waals surface area contributed by atoms with Crippen LogP contribution in [0, 0.1) is 69.0 Å². The van der Waals surface area contributed by atoms with Crippen LogP contribution in [-0.2, 0) is 38.1 Å². The van der Waals surface area contributed by atoms with Crippen molar-refractivity contribution in [2.75, 3.05) is 78.8 Å². The Balaban J connectivity index is 0.000000158. The van der Waals surface area contributed by atoms with Crippen molar-refractivity contribution in [2.24, 2.45) is 69.0 Å². The predicted molar refractivity (Wildman–Crippen MR) is 279 cm³/mol. The first-order valence-corrected chi connectivity index (χ1v) is 30.3. The van der Waals surface area contributed by atoms with E-state index in [-0.39, 0.29) is 64.6 Å². The molecule has 0 spiro atoms. The number of nitrogens with zero attached hydrogens (tertiary/aromatic N) is 4. The monoisotopic (exact) mass is 1020 g/mol. The number of aliphatic hydroxyl groups excluding tert-OH is 1. The Kier molecular flexibility index (Phi) is 15.3. The molecule has 0 radical (unpaired) electrons. The van der Waals surface area contributed by atoms with E-state index < -0.39 is 0 Å². The third kappa shape index (κ3) is 9.60. The average Bonchev–Trinajstić information content (AvgIpc) is 4.20. The van der Waals surface area contributed by atoms with Gasteiger partial charge in [-0.1, -0.05) is 27.7 Å². The number of morpholine rings is 2. The van der Waals surface area contributed by atoms with Crippen LogP contribution in [0.2, 0.25) is 0 Å². The molecule has 73 heavy (non-hydrogen) atoms. The first-order valence-electron chi connectivity index (χ1n) is 30.3. The Bertz CT molecular complexity index is 1970. The van der Waals surface area contributed by atoms with Gasteiger partial charge in [0.25, 0.3) is 0 Å². The van der Waals surface area contributed by atoms with Crippen molar-refractivity contribution < 1.29 is 43.2 Å². The van der Waals surface area contributed by atoms with Crippen LogP contribution >= 0.6 is 0 Å². The van der Waals surface area contributed by atoms with Crippen molar-refractivity contribution in [1.29, 1.82) is 0 Å².